The van der Waals surface area contributed by atoms with Gasteiger partial charge in [0.15, 0.2) is 0 Å². The predicted octanol–water partition coefficient (Wildman–Crippen LogP) is 2.62. The van der Waals surface area contributed by atoms with Crippen LogP contribution in [0.4, 0.5) is 0 Å². The highest BCUT2D eigenvalue weighted by atomic mass is 35.5. The molecule has 0 aliphatic carbocycles. The molecular weight excluding hydrogens is 304 g/mol. The number of halogens is 1. The van der Waals surface area contributed by atoms with Gasteiger partial charge in [0.2, 0.25) is 5.91 Å². The Morgan fingerprint density at radius 3 is 2.81 bits per heavy atom. The van der Waals surface area contributed by atoms with Crippen LogP contribution in [0.1, 0.15) is 16.0 Å². The molecular formula is C16H19ClN2OS. The van der Waals surface area contributed by atoms with Crippen molar-refractivity contribution in [1.82, 2.24) is 4.90 Å². The first kappa shape index (κ1) is 16.0. The number of nitrogens with zero attached hydrogens (tertiary/aromatic N) is 1. The Morgan fingerprint density at radius 2 is 2.05 bits per heavy atom. The van der Waals surface area contributed by atoms with E-state index in [0.717, 1.165) is 18.5 Å². The van der Waals surface area contributed by atoms with Crippen molar-refractivity contribution in [2.24, 2.45) is 5.73 Å². The molecule has 0 radical (unpaired) electrons. The molecule has 5 heteroatoms. The Kier molecular flexibility index (Phi) is 5.39. The zero-order valence-corrected chi connectivity index (χ0v) is 13.3. The SMILES string of the molecule is Cl.NC(Cc1ccccc1)C(=O)N1CCc2sccc2C1. The lowest BCUT2D eigenvalue weighted by molar-refractivity contribution is -0.133. The molecule has 0 spiro atoms. The second kappa shape index (κ2) is 7.07. The molecule has 2 aromatic rings. The van der Waals surface area contributed by atoms with Crippen LogP contribution in [-0.2, 0) is 24.2 Å². The van der Waals surface area contributed by atoms with E-state index in [1.807, 2.05) is 35.2 Å². The van der Waals surface area contributed by atoms with E-state index in [4.69, 9.17) is 5.73 Å². The molecule has 0 bridgehead atoms. The van der Waals surface area contributed by atoms with Gasteiger partial charge in [0.25, 0.3) is 0 Å². The molecule has 1 atom stereocenters. The number of hydrogen-bond acceptors (Lipinski definition) is 3. The summed E-state index contributed by atoms with van der Waals surface area (Å²) in [4.78, 5) is 15.7. The summed E-state index contributed by atoms with van der Waals surface area (Å²) < 4.78 is 0. The number of carbonyl (C=O) groups excluding carboxylic acids is 1. The number of thiophene rings is 1. The molecule has 1 aromatic heterocycles. The second-order valence-electron chi connectivity index (χ2n) is 5.18. The molecule has 3 rings (SSSR count). The number of carbonyl (C=O) groups is 1. The lowest BCUT2D eigenvalue weighted by atomic mass is 10.0. The summed E-state index contributed by atoms with van der Waals surface area (Å²) in [6, 6.07) is 11.6. The summed E-state index contributed by atoms with van der Waals surface area (Å²) in [6.45, 7) is 1.50. The van der Waals surface area contributed by atoms with E-state index >= 15 is 0 Å². The Morgan fingerprint density at radius 1 is 1.29 bits per heavy atom. The first-order valence-electron chi connectivity index (χ1n) is 6.87. The van der Waals surface area contributed by atoms with E-state index in [1.165, 1.54) is 10.4 Å². The predicted molar refractivity (Wildman–Crippen MR) is 88.8 cm³/mol. The van der Waals surface area contributed by atoms with Crippen molar-refractivity contribution < 1.29 is 4.79 Å². The van der Waals surface area contributed by atoms with Gasteiger partial charge in [0, 0.05) is 18.0 Å². The van der Waals surface area contributed by atoms with Crippen molar-refractivity contribution in [1.29, 1.82) is 0 Å². The highest BCUT2D eigenvalue weighted by Gasteiger charge is 2.25. The molecule has 1 aromatic carbocycles. The van der Waals surface area contributed by atoms with Crippen LogP contribution < -0.4 is 5.73 Å². The number of amides is 1. The molecule has 112 valence electrons. The summed E-state index contributed by atoms with van der Waals surface area (Å²) in [5.41, 5.74) is 8.48. The van der Waals surface area contributed by atoms with E-state index < -0.39 is 6.04 Å². The molecule has 2 N–H and O–H groups in total. The average molecular weight is 323 g/mol. The van der Waals surface area contributed by atoms with Crippen LogP contribution in [0.25, 0.3) is 0 Å². The Labute approximate surface area is 135 Å². The fourth-order valence-corrected chi connectivity index (χ4v) is 3.52. The van der Waals surface area contributed by atoms with Crippen LogP contribution in [0, 0.1) is 0 Å². The minimum atomic E-state index is -0.447. The van der Waals surface area contributed by atoms with E-state index in [0.29, 0.717) is 13.0 Å². The molecule has 1 aliphatic heterocycles. The fourth-order valence-electron chi connectivity index (χ4n) is 2.63. The summed E-state index contributed by atoms with van der Waals surface area (Å²) >= 11 is 1.78. The van der Waals surface area contributed by atoms with E-state index in [9.17, 15) is 4.79 Å². The van der Waals surface area contributed by atoms with Crippen LogP contribution in [0.3, 0.4) is 0 Å². The number of fused-ring (bicyclic) bond motifs is 1. The summed E-state index contributed by atoms with van der Waals surface area (Å²) in [5.74, 6) is 0.0608. The van der Waals surface area contributed by atoms with Crippen LogP contribution in [0.2, 0.25) is 0 Å². The van der Waals surface area contributed by atoms with Crippen LogP contribution >= 0.6 is 23.7 Å². The number of benzene rings is 1. The Balaban J connectivity index is 0.00000161. The number of rotatable bonds is 3. The molecule has 1 unspecified atom stereocenters. The second-order valence-corrected chi connectivity index (χ2v) is 6.18. The highest BCUT2D eigenvalue weighted by molar-refractivity contribution is 7.10. The van der Waals surface area contributed by atoms with Gasteiger partial charge in [-0.05, 0) is 35.4 Å². The zero-order valence-electron chi connectivity index (χ0n) is 11.7. The van der Waals surface area contributed by atoms with E-state index in [1.54, 1.807) is 11.3 Å². The molecule has 0 saturated heterocycles. The summed E-state index contributed by atoms with van der Waals surface area (Å²) in [5, 5.41) is 2.10. The van der Waals surface area contributed by atoms with Crippen LogP contribution in [-0.4, -0.2) is 23.4 Å². The maximum Gasteiger partial charge on any atom is 0.240 e. The standard InChI is InChI=1S/C16H18N2OS.ClH/c17-14(10-12-4-2-1-3-5-12)16(19)18-8-6-15-13(11-18)7-9-20-15;/h1-5,7,9,14H,6,8,10-11,17H2;1H. The third-order valence-corrected chi connectivity index (χ3v) is 4.76. The third-order valence-electron chi connectivity index (χ3n) is 3.73. The van der Waals surface area contributed by atoms with Gasteiger partial charge >= 0.3 is 0 Å². The van der Waals surface area contributed by atoms with Crippen molar-refractivity contribution in [3.05, 3.63) is 57.8 Å². The molecule has 1 aliphatic rings. The Bertz CT molecular complexity index is 599. The van der Waals surface area contributed by atoms with Crippen LogP contribution in [0.5, 0.6) is 0 Å². The van der Waals surface area contributed by atoms with Crippen molar-refractivity contribution in [2.45, 2.75) is 25.4 Å². The third kappa shape index (κ3) is 3.64. The Hall–Kier alpha value is -1.36. The van der Waals surface area contributed by atoms with E-state index in [-0.39, 0.29) is 18.3 Å². The zero-order chi connectivity index (χ0) is 13.9. The van der Waals surface area contributed by atoms with Gasteiger partial charge in [0.05, 0.1) is 6.04 Å². The van der Waals surface area contributed by atoms with Gasteiger partial charge in [-0.3, -0.25) is 4.79 Å². The molecule has 21 heavy (non-hydrogen) atoms. The fraction of sp³-hybridized carbons (Fsp3) is 0.312. The van der Waals surface area contributed by atoms with Gasteiger partial charge in [0.1, 0.15) is 0 Å². The van der Waals surface area contributed by atoms with Gasteiger partial charge in [-0.1, -0.05) is 30.3 Å². The quantitative estimate of drug-likeness (QED) is 0.944. The van der Waals surface area contributed by atoms with Crippen molar-refractivity contribution in [3.8, 4) is 0 Å². The van der Waals surface area contributed by atoms with Crippen molar-refractivity contribution in [3.63, 3.8) is 0 Å². The lowest BCUT2D eigenvalue weighted by Crippen LogP contribution is -2.46. The van der Waals surface area contributed by atoms with Gasteiger partial charge in [-0.25, -0.2) is 0 Å². The van der Waals surface area contributed by atoms with Gasteiger partial charge in [-0.15, -0.1) is 23.7 Å². The average Bonchev–Trinajstić information content (AvgIpc) is 2.94. The molecule has 3 nitrogen and oxygen atoms in total. The maximum absolute atomic E-state index is 12.4. The summed E-state index contributed by atoms with van der Waals surface area (Å²) in [7, 11) is 0. The molecule has 0 fully saturated rings. The van der Waals surface area contributed by atoms with Gasteiger partial charge < -0.3 is 10.6 Å². The minimum Gasteiger partial charge on any atom is -0.337 e. The first-order chi connectivity index (χ1) is 9.74. The lowest BCUT2D eigenvalue weighted by Gasteiger charge is -2.29. The number of hydrogen-bond donors (Lipinski definition) is 1. The molecule has 2 heterocycles. The van der Waals surface area contributed by atoms with Crippen molar-refractivity contribution in [2.75, 3.05) is 6.54 Å². The topological polar surface area (TPSA) is 46.3 Å². The molecule has 0 saturated carbocycles. The van der Waals surface area contributed by atoms with E-state index in [2.05, 4.69) is 11.4 Å². The smallest absolute Gasteiger partial charge is 0.240 e. The van der Waals surface area contributed by atoms with Crippen molar-refractivity contribution >= 4 is 29.7 Å². The minimum absolute atomic E-state index is 0. The largest absolute Gasteiger partial charge is 0.337 e. The molecule has 1 amide bonds. The highest BCUT2D eigenvalue weighted by Crippen LogP contribution is 2.24. The normalized spacial score (nSPS) is 15.0. The first-order valence-corrected chi connectivity index (χ1v) is 7.75. The maximum atomic E-state index is 12.4. The summed E-state index contributed by atoms with van der Waals surface area (Å²) in [6.07, 6.45) is 1.56. The van der Waals surface area contributed by atoms with Crippen LogP contribution in [0.15, 0.2) is 41.8 Å². The number of nitrogens with two attached hydrogens (primary N) is 1. The monoisotopic (exact) mass is 322 g/mol. The van der Waals surface area contributed by atoms with Gasteiger partial charge in [-0.2, -0.15) is 0 Å².